The Balaban J connectivity index is 1.76. The first-order valence-electron chi connectivity index (χ1n) is 5.81. The van der Waals surface area contributed by atoms with Gasteiger partial charge in [0.2, 0.25) is 0 Å². The first-order valence-corrected chi connectivity index (χ1v) is 5.81. The minimum absolute atomic E-state index is 0.0990. The van der Waals surface area contributed by atoms with Crippen molar-refractivity contribution in [1.82, 2.24) is 4.90 Å². The van der Waals surface area contributed by atoms with E-state index < -0.39 is 0 Å². The van der Waals surface area contributed by atoms with Crippen LogP contribution in [0.4, 0.5) is 0 Å². The quantitative estimate of drug-likeness (QED) is 0.677. The van der Waals surface area contributed by atoms with Crippen LogP contribution in [0.15, 0.2) is 12.2 Å². The predicted octanol–water partition coefficient (Wildman–Crippen LogP) is 1.66. The Labute approximate surface area is 86.6 Å². The molecule has 0 aromatic rings. The van der Waals surface area contributed by atoms with E-state index in [1.807, 2.05) is 0 Å². The summed E-state index contributed by atoms with van der Waals surface area (Å²) in [6, 6.07) is 0. The van der Waals surface area contributed by atoms with Crippen molar-refractivity contribution in [3.8, 4) is 0 Å². The number of β-amino-alcohol motifs (C(OH)–C–C–N with tert-alkyl or cyclic N) is 1. The zero-order valence-electron chi connectivity index (χ0n) is 9.02. The summed E-state index contributed by atoms with van der Waals surface area (Å²) in [6.07, 6.45) is 8.10. The molecule has 0 spiro atoms. The van der Waals surface area contributed by atoms with Crippen molar-refractivity contribution in [3.63, 3.8) is 0 Å². The second-order valence-electron chi connectivity index (χ2n) is 4.90. The molecule has 2 nitrogen and oxygen atoms in total. The van der Waals surface area contributed by atoms with Crippen molar-refractivity contribution in [2.45, 2.75) is 32.3 Å². The topological polar surface area (TPSA) is 23.5 Å². The third kappa shape index (κ3) is 2.37. The number of piperidine rings is 1. The Bertz CT molecular complexity index is 206. The zero-order valence-corrected chi connectivity index (χ0v) is 9.02. The molecule has 0 amide bonds. The molecular formula is C12H21NO. The number of likely N-dealkylation sites (tertiary alicyclic amines) is 1. The van der Waals surface area contributed by atoms with Crippen LogP contribution in [0.2, 0.25) is 0 Å². The maximum Gasteiger partial charge on any atom is 0.0693 e. The van der Waals surface area contributed by atoms with Crippen molar-refractivity contribution < 1.29 is 5.11 Å². The molecule has 1 aliphatic carbocycles. The van der Waals surface area contributed by atoms with Crippen molar-refractivity contribution in [1.29, 1.82) is 0 Å². The van der Waals surface area contributed by atoms with Crippen LogP contribution < -0.4 is 0 Å². The zero-order chi connectivity index (χ0) is 9.97. The van der Waals surface area contributed by atoms with Crippen molar-refractivity contribution in [2.75, 3.05) is 19.6 Å². The molecule has 14 heavy (non-hydrogen) atoms. The van der Waals surface area contributed by atoms with Gasteiger partial charge < -0.3 is 10.0 Å². The molecule has 0 bridgehead atoms. The second kappa shape index (κ2) is 4.45. The van der Waals surface area contributed by atoms with E-state index in [0.717, 1.165) is 18.9 Å². The molecule has 0 saturated carbocycles. The molecule has 2 rings (SSSR count). The molecule has 2 atom stereocenters. The summed E-state index contributed by atoms with van der Waals surface area (Å²) < 4.78 is 0. The van der Waals surface area contributed by atoms with Gasteiger partial charge in [-0.2, -0.15) is 0 Å². The van der Waals surface area contributed by atoms with E-state index in [4.69, 9.17) is 0 Å². The van der Waals surface area contributed by atoms with Crippen molar-refractivity contribution in [3.05, 3.63) is 12.2 Å². The normalized spacial score (nSPS) is 35.3. The standard InChI is InChI=1S/C12H21NO/c1-10-6-7-13(9-12(10)14)8-11-4-2-3-5-11/h2-3,10-12,14H,4-9H2,1H3. The summed E-state index contributed by atoms with van der Waals surface area (Å²) in [4.78, 5) is 2.43. The second-order valence-corrected chi connectivity index (χ2v) is 4.90. The van der Waals surface area contributed by atoms with Gasteiger partial charge in [0.05, 0.1) is 6.10 Å². The number of hydrogen-bond acceptors (Lipinski definition) is 2. The number of aliphatic hydroxyl groups excluding tert-OH is 1. The van der Waals surface area contributed by atoms with E-state index in [9.17, 15) is 5.11 Å². The molecule has 1 N–H and O–H groups in total. The molecule has 0 aromatic carbocycles. The Hall–Kier alpha value is -0.340. The van der Waals surface area contributed by atoms with E-state index in [1.165, 1.54) is 25.9 Å². The molecular weight excluding hydrogens is 174 g/mol. The van der Waals surface area contributed by atoms with Crippen molar-refractivity contribution in [2.24, 2.45) is 11.8 Å². The lowest BCUT2D eigenvalue weighted by Gasteiger charge is -2.35. The Morgan fingerprint density at radius 2 is 2.07 bits per heavy atom. The molecule has 2 heteroatoms. The van der Waals surface area contributed by atoms with Gasteiger partial charge in [-0.25, -0.2) is 0 Å². The summed E-state index contributed by atoms with van der Waals surface area (Å²) in [7, 11) is 0. The summed E-state index contributed by atoms with van der Waals surface area (Å²) in [5, 5.41) is 9.76. The van der Waals surface area contributed by atoms with Crippen LogP contribution in [0, 0.1) is 11.8 Å². The van der Waals surface area contributed by atoms with Gasteiger partial charge in [-0.1, -0.05) is 19.1 Å². The van der Waals surface area contributed by atoms with Crippen LogP contribution >= 0.6 is 0 Å². The predicted molar refractivity (Wildman–Crippen MR) is 58.1 cm³/mol. The SMILES string of the molecule is CC1CCN(CC2CC=CC2)CC1O. The fourth-order valence-corrected chi connectivity index (χ4v) is 2.47. The summed E-state index contributed by atoms with van der Waals surface area (Å²) in [6.45, 7) is 5.39. The molecule has 2 unspecified atom stereocenters. The maximum atomic E-state index is 9.76. The van der Waals surface area contributed by atoms with Gasteiger partial charge in [-0.3, -0.25) is 0 Å². The number of aliphatic hydroxyl groups is 1. The van der Waals surface area contributed by atoms with E-state index in [1.54, 1.807) is 0 Å². The molecule has 2 aliphatic rings. The van der Waals surface area contributed by atoms with E-state index in [2.05, 4.69) is 24.0 Å². The molecule has 1 saturated heterocycles. The van der Waals surface area contributed by atoms with Crippen LogP contribution in [0.25, 0.3) is 0 Å². The summed E-state index contributed by atoms with van der Waals surface area (Å²) in [5.41, 5.74) is 0. The van der Waals surface area contributed by atoms with Gasteiger partial charge in [0.15, 0.2) is 0 Å². The van der Waals surface area contributed by atoms with Gasteiger partial charge in [0.25, 0.3) is 0 Å². The van der Waals surface area contributed by atoms with Crippen LogP contribution in [0.1, 0.15) is 26.2 Å². The maximum absolute atomic E-state index is 9.76. The van der Waals surface area contributed by atoms with Crippen molar-refractivity contribution >= 4 is 0 Å². The molecule has 1 heterocycles. The molecule has 80 valence electrons. The fraction of sp³-hybridized carbons (Fsp3) is 0.833. The van der Waals surface area contributed by atoms with E-state index >= 15 is 0 Å². The average Bonchev–Trinajstić information content (AvgIpc) is 2.64. The Morgan fingerprint density at radius 3 is 2.71 bits per heavy atom. The van der Waals surface area contributed by atoms with E-state index in [0.29, 0.717) is 5.92 Å². The van der Waals surface area contributed by atoms with Crippen LogP contribution in [-0.4, -0.2) is 35.7 Å². The summed E-state index contributed by atoms with van der Waals surface area (Å²) in [5.74, 6) is 1.31. The molecule has 1 fully saturated rings. The smallest absolute Gasteiger partial charge is 0.0693 e. The Morgan fingerprint density at radius 1 is 1.36 bits per heavy atom. The third-order valence-corrected chi connectivity index (χ3v) is 3.62. The highest BCUT2D eigenvalue weighted by molar-refractivity contribution is 4.95. The number of nitrogens with zero attached hydrogens (tertiary/aromatic N) is 1. The largest absolute Gasteiger partial charge is 0.392 e. The molecule has 1 aliphatic heterocycles. The van der Waals surface area contributed by atoms with E-state index in [-0.39, 0.29) is 6.10 Å². The number of hydrogen-bond donors (Lipinski definition) is 1. The first-order chi connectivity index (χ1) is 6.75. The van der Waals surface area contributed by atoms with Gasteiger partial charge in [-0.15, -0.1) is 0 Å². The highest BCUT2D eigenvalue weighted by atomic mass is 16.3. The number of rotatable bonds is 2. The van der Waals surface area contributed by atoms with Crippen LogP contribution in [-0.2, 0) is 0 Å². The highest BCUT2D eigenvalue weighted by Gasteiger charge is 2.25. The van der Waals surface area contributed by atoms with Gasteiger partial charge in [0, 0.05) is 13.1 Å². The minimum Gasteiger partial charge on any atom is -0.392 e. The molecule has 0 aromatic heterocycles. The van der Waals surface area contributed by atoms with Gasteiger partial charge >= 0.3 is 0 Å². The summed E-state index contributed by atoms with van der Waals surface area (Å²) >= 11 is 0. The van der Waals surface area contributed by atoms with Crippen LogP contribution in [0.5, 0.6) is 0 Å². The lowest BCUT2D eigenvalue weighted by Crippen LogP contribution is -2.44. The lowest BCUT2D eigenvalue weighted by molar-refractivity contribution is 0.0236. The highest BCUT2D eigenvalue weighted by Crippen LogP contribution is 2.22. The lowest BCUT2D eigenvalue weighted by atomic mass is 9.95. The number of allylic oxidation sites excluding steroid dienone is 2. The fourth-order valence-electron chi connectivity index (χ4n) is 2.47. The van der Waals surface area contributed by atoms with Crippen LogP contribution in [0.3, 0.4) is 0 Å². The van der Waals surface area contributed by atoms with Gasteiger partial charge in [0.1, 0.15) is 0 Å². The average molecular weight is 195 g/mol. The Kier molecular flexibility index (Phi) is 3.24. The molecule has 0 radical (unpaired) electrons. The van der Waals surface area contributed by atoms with Gasteiger partial charge in [-0.05, 0) is 37.6 Å². The monoisotopic (exact) mass is 195 g/mol. The first kappa shape index (κ1) is 10.2. The minimum atomic E-state index is -0.0990. The third-order valence-electron chi connectivity index (χ3n) is 3.62.